The van der Waals surface area contributed by atoms with Crippen molar-refractivity contribution >= 4 is 38.1 Å². The Balaban J connectivity index is 1.67. The lowest BCUT2D eigenvalue weighted by molar-refractivity contribution is 0.274. The first-order valence-corrected chi connectivity index (χ1v) is 12.9. The highest BCUT2D eigenvalue weighted by molar-refractivity contribution is 7.19. The number of benzene rings is 1. The first kappa shape index (κ1) is 24.4. The van der Waals surface area contributed by atoms with Gasteiger partial charge in [-0.1, -0.05) is 0 Å². The fraction of sp³-hybridized carbons (Fsp3) is 0.500. The highest BCUT2D eigenvalue weighted by Crippen LogP contribution is 2.49. The summed E-state index contributed by atoms with van der Waals surface area (Å²) in [6.07, 6.45) is 3.04. The van der Waals surface area contributed by atoms with Gasteiger partial charge < -0.3 is 24.6 Å². The molecule has 0 spiro atoms. The Morgan fingerprint density at radius 3 is 2.72 bits per heavy atom. The molecule has 36 heavy (non-hydrogen) atoms. The van der Waals surface area contributed by atoms with Crippen LogP contribution in [0.3, 0.4) is 0 Å². The minimum atomic E-state index is -0.552. The molecule has 0 amide bonds. The molecule has 5 rings (SSSR count). The number of pyridine rings is 1. The van der Waals surface area contributed by atoms with E-state index >= 15 is 4.39 Å². The SMILES string of the molecule is COc1c(N2CCC(C(C)(C)NCCC#N)C2)c(F)cc2c(=O)c3c(O)c(C#N)sc3n(C3CC3)c12. The number of ether oxygens (including phenoxy) is 1. The van der Waals surface area contributed by atoms with Crippen molar-refractivity contribution in [3.8, 4) is 23.6 Å². The smallest absolute Gasteiger partial charge is 0.202 e. The number of hydrogen-bond acceptors (Lipinski definition) is 8. The zero-order valence-electron chi connectivity index (χ0n) is 20.5. The lowest BCUT2D eigenvalue weighted by Crippen LogP contribution is -2.47. The van der Waals surface area contributed by atoms with E-state index in [0.717, 1.165) is 30.6 Å². The number of nitrogens with zero attached hydrogens (tertiary/aromatic N) is 4. The van der Waals surface area contributed by atoms with Crippen molar-refractivity contribution < 1.29 is 14.2 Å². The quantitative estimate of drug-likeness (QED) is 0.454. The molecule has 2 aromatic heterocycles. The molecule has 1 aliphatic carbocycles. The molecule has 0 bridgehead atoms. The van der Waals surface area contributed by atoms with Gasteiger partial charge in [-0.05, 0) is 45.1 Å². The van der Waals surface area contributed by atoms with E-state index in [0.29, 0.717) is 47.8 Å². The third-order valence-corrected chi connectivity index (χ3v) is 8.62. The van der Waals surface area contributed by atoms with Gasteiger partial charge in [0.05, 0.1) is 24.1 Å². The summed E-state index contributed by atoms with van der Waals surface area (Å²) in [7, 11) is 1.48. The van der Waals surface area contributed by atoms with E-state index in [1.165, 1.54) is 13.2 Å². The van der Waals surface area contributed by atoms with Crippen LogP contribution in [0.2, 0.25) is 0 Å². The van der Waals surface area contributed by atoms with Gasteiger partial charge in [-0.2, -0.15) is 10.5 Å². The first-order chi connectivity index (χ1) is 17.2. The largest absolute Gasteiger partial charge is 0.505 e. The number of nitriles is 2. The number of hydrogen-bond donors (Lipinski definition) is 2. The van der Waals surface area contributed by atoms with E-state index in [1.54, 1.807) is 0 Å². The Bertz CT molecular complexity index is 1510. The van der Waals surface area contributed by atoms with Crippen molar-refractivity contribution in [2.75, 3.05) is 31.6 Å². The third kappa shape index (κ3) is 3.76. The zero-order valence-corrected chi connectivity index (χ0v) is 21.3. The standard InChI is InChI=1S/C26H28FN5O3S/c1-26(2,30-9-4-8-28)14-7-10-31(13-14)21-17(27)11-16-20(24(21)35-3)32(15-5-6-15)25-19(22(16)33)23(34)18(12-29)36-25/h11,14-15,30,34H,4-7,9-10,13H2,1-3H3. The van der Waals surface area contributed by atoms with E-state index < -0.39 is 11.2 Å². The minimum Gasteiger partial charge on any atom is -0.505 e. The van der Waals surface area contributed by atoms with Gasteiger partial charge in [-0.25, -0.2) is 4.39 Å². The molecule has 2 fully saturated rings. The summed E-state index contributed by atoms with van der Waals surface area (Å²) in [5.41, 5.74) is 0.0960. The molecule has 3 aromatic rings. The van der Waals surface area contributed by atoms with Crippen molar-refractivity contribution in [1.82, 2.24) is 9.88 Å². The van der Waals surface area contributed by atoms with Gasteiger partial charge in [0.2, 0.25) is 5.43 Å². The van der Waals surface area contributed by atoms with Gasteiger partial charge in [0.1, 0.15) is 26.9 Å². The van der Waals surface area contributed by atoms with Crippen molar-refractivity contribution in [1.29, 1.82) is 10.5 Å². The molecule has 1 atom stereocenters. The molecular weight excluding hydrogens is 481 g/mol. The molecule has 188 valence electrons. The number of halogens is 1. The molecule has 0 radical (unpaired) electrons. The van der Waals surface area contributed by atoms with Gasteiger partial charge in [0.15, 0.2) is 17.3 Å². The van der Waals surface area contributed by atoms with Crippen LogP contribution < -0.4 is 20.4 Å². The van der Waals surface area contributed by atoms with Crippen LogP contribution in [0.4, 0.5) is 10.1 Å². The highest BCUT2D eigenvalue weighted by Gasteiger charge is 2.38. The van der Waals surface area contributed by atoms with Gasteiger partial charge >= 0.3 is 0 Å². The summed E-state index contributed by atoms with van der Waals surface area (Å²) in [5.74, 6) is -0.366. The van der Waals surface area contributed by atoms with Crippen LogP contribution in [0.25, 0.3) is 21.1 Å². The lowest BCUT2D eigenvalue weighted by Gasteiger charge is -2.33. The van der Waals surface area contributed by atoms with Gasteiger partial charge in [0, 0.05) is 37.6 Å². The van der Waals surface area contributed by atoms with Crippen LogP contribution in [0.15, 0.2) is 10.9 Å². The molecule has 1 aromatic carbocycles. The molecule has 2 aliphatic rings. The number of fused-ring (bicyclic) bond motifs is 2. The monoisotopic (exact) mass is 509 g/mol. The summed E-state index contributed by atoms with van der Waals surface area (Å²) >= 11 is 1.08. The number of aromatic nitrogens is 1. The normalized spacial score (nSPS) is 18.1. The molecule has 2 N–H and O–H groups in total. The molecule has 1 saturated heterocycles. The second-order valence-corrected chi connectivity index (χ2v) is 11.1. The van der Waals surface area contributed by atoms with Crippen LogP contribution in [0.1, 0.15) is 50.4 Å². The van der Waals surface area contributed by atoms with Crippen LogP contribution in [-0.4, -0.2) is 42.0 Å². The maximum absolute atomic E-state index is 15.8. The van der Waals surface area contributed by atoms with Crippen molar-refractivity contribution in [3.63, 3.8) is 0 Å². The second-order valence-electron chi connectivity index (χ2n) is 10.1. The maximum Gasteiger partial charge on any atom is 0.202 e. The van der Waals surface area contributed by atoms with Gasteiger partial charge in [-0.15, -0.1) is 11.3 Å². The first-order valence-electron chi connectivity index (χ1n) is 12.1. The third-order valence-electron chi connectivity index (χ3n) is 7.54. The summed E-state index contributed by atoms with van der Waals surface area (Å²) in [6, 6.07) is 5.45. The number of rotatable bonds is 7. The lowest BCUT2D eigenvalue weighted by atomic mass is 9.86. The van der Waals surface area contributed by atoms with Crippen LogP contribution in [0, 0.1) is 34.4 Å². The number of aromatic hydroxyl groups is 1. The Labute approximate surface area is 212 Å². The summed E-state index contributed by atoms with van der Waals surface area (Å²) < 4.78 is 23.5. The van der Waals surface area contributed by atoms with E-state index in [-0.39, 0.29) is 38.9 Å². The molecule has 1 saturated carbocycles. The summed E-state index contributed by atoms with van der Waals surface area (Å²) in [6.45, 7) is 6.02. The van der Waals surface area contributed by atoms with Crippen LogP contribution in [0.5, 0.6) is 11.5 Å². The van der Waals surface area contributed by atoms with E-state index in [1.807, 2.05) is 15.5 Å². The number of nitrogens with one attached hydrogen (secondary N) is 1. The van der Waals surface area contributed by atoms with Crippen molar-refractivity contribution in [2.24, 2.45) is 5.92 Å². The molecule has 1 unspecified atom stereocenters. The minimum absolute atomic E-state index is 0.0663. The molecular formula is C26H28FN5O3S. The Morgan fingerprint density at radius 2 is 2.08 bits per heavy atom. The Morgan fingerprint density at radius 1 is 1.33 bits per heavy atom. The van der Waals surface area contributed by atoms with Crippen LogP contribution in [-0.2, 0) is 0 Å². The van der Waals surface area contributed by atoms with E-state index in [9.17, 15) is 15.2 Å². The van der Waals surface area contributed by atoms with Gasteiger partial charge in [-0.3, -0.25) is 4.79 Å². The van der Waals surface area contributed by atoms with Crippen molar-refractivity contribution in [3.05, 3.63) is 27.0 Å². The zero-order chi connectivity index (χ0) is 25.8. The predicted octanol–water partition coefficient (Wildman–Crippen LogP) is 4.38. The van der Waals surface area contributed by atoms with E-state index in [4.69, 9.17) is 10.00 Å². The van der Waals surface area contributed by atoms with Crippen LogP contribution >= 0.6 is 11.3 Å². The Hall–Kier alpha value is -3.34. The molecule has 3 heterocycles. The summed E-state index contributed by atoms with van der Waals surface area (Å²) in [5, 5.41) is 32.6. The molecule has 10 heteroatoms. The molecule has 8 nitrogen and oxygen atoms in total. The maximum atomic E-state index is 15.8. The number of methoxy groups -OCH3 is 1. The fourth-order valence-electron chi connectivity index (χ4n) is 5.42. The molecule has 1 aliphatic heterocycles. The van der Waals surface area contributed by atoms with Crippen molar-refractivity contribution in [2.45, 2.75) is 51.1 Å². The summed E-state index contributed by atoms with van der Waals surface area (Å²) in [4.78, 5) is 16.0. The Kier molecular flexibility index (Phi) is 6.06. The second kappa shape index (κ2) is 8.95. The van der Waals surface area contributed by atoms with E-state index in [2.05, 4.69) is 25.2 Å². The average Bonchev–Trinajstić information content (AvgIpc) is 3.45. The number of thiophene rings is 1. The fourth-order valence-corrected chi connectivity index (χ4v) is 6.49. The van der Waals surface area contributed by atoms with Gasteiger partial charge in [0.25, 0.3) is 0 Å². The topological polar surface area (TPSA) is 114 Å². The predicted molar refractivity (Wildman–Crippen MR) is 137 cm³/mol. The number of anilines is 1. The average molecular weight is 510 g/mol. The highest BCUT2D eigenvalue weighted by atomic mass is 32.1.